The van der Waals surface area contributed by atoms with Crippen molar-refractivity contribution in [1.82, 2.24) is 0 Å². The zero-order chi connectivity index (χ0) is 9.10. The fraction of sp³-hybridized carbons (Fsp3) is 0. The topological polar surface area (TPSA) is 0 Å². The lowest BCUT2D eigenvalue weighted by molar-refractivity contribution is 1.57. The van der Waals surface area contributed by atoms with Crippen molar-refractivity contribution in [3.8, 4) is 11.1 Å². The van der Waals surface area contributed by atoms with E-state index in [9.17, 15) is 0 Å². The van der Waals surface area contributed by atoms with Crippen LogP contribution in [0.15, 0.2) is 54.6 Å². The summed E-state index contributed by atoms with van der Waals surface area (Å²) in [7, 11) is 0. The number of benzene rings is 2. The van der Waals surface area contributed by atoms with Gasteiger partial charge in [0.2, 0.25) is 0 Å². The molecule has 0 bridgehead atoms. The van der Waals surface area contributed by atoms with Gasteiger partial charge in [-0.15, -0.1) is 0 Å². The average Bonchev–Trinajstić information content (AvgIpc) is 2.19. The fourth-order valence-electron chi connectivity index (χ4n) is 1.35. The van der Waals surface area contributed by atoms with E-state index < -0.39 is 0 Å². The van der Waals surface area contributed by atoms with Crippen LogP contribution in [0.5, 0.6) is 0 Å². The van der Waals surface area contributed by atoms with Gasteiger partial charge in [-0.1, -0.05) is 54.6 Å². The molecule has 2 radical (unpaired) electrons. The molecule has 0 fully saturated rings. The van der Waals surface area contributed by atoms with Gasteiger partial charge in [-0.3, -0.25) is 0 Å². The third-order valence-electron chi connectivity index (χ3n) is 1.99. The Morgan fingerprint density at radius 3 is 2.08 bits per heavy atom. The van der Waals surface area contributed by atoms with Crippen molar-refractivity contribution in [3.63, 3.8) is 0 Å². The predicted molar refractivity (Wildman–Crippen MR) is 55.3 cm³/mol. The predicted octanol–water partition coefficient (Wildman–Crippen LogP) is 3.41. The Morgan fingerprint density at radius 1 is 0.692 bits per heavy atom. The van der Waals surface area contributed by atoms with E-state index in [1.54, 1.807) is 0 Å². The van der Waals surface area contributed by atoms with E-state index in [0.717, 1.165) is 5.56 Å². The molecule has 0 saturated heterocycles. The lowest BCUT2D eigenvalue weighted by Crippen LogP contribution is -1.77. The molecule has 0 amide bonds. The van der Waals surface area contributed by atoms with Crippen LogP contribution in [0.1, 0.15) is 5.56 Å². The van der Waals surface area contributed by atoms with Crippen LogP contribution in [0, 0.1) is 6.92 Å². The van der Waals surface area contributed by atoms with E-state index in [2.05, 4.69) is 18.2 Å². The summed E-state index contributed by atoms with van der Waals surface area (Å²) in [5.74, 6) is 0. The monoisotopic (exact) mass is 166 g/mol. The van der Waals surface area contributed by atoms with Crippen molar-refractivity contribution in [2.24, 2.45) is 0 Å². The SMILES string of the molecule is [CH]c1cccc(-c2ccccc2)c1. The zero-order valence-corrected chi connectivity index (χ0v) is 7.27. The second-order valence-electron chi connectivity index (χ2n) is 2.99. The van der Waals surface area contributed by atoms with E-state index in [-0.39, 0.29) is 0 Å². The van der Waals surface area contributed by atoms with Crippen LogP contribution < -0.4 is 0 Å². The fourth-order valence-corrected chi connectivity index (χ4v) is 1.35. The molecule has 0 spiro atoms. The van der Waals surface area contributed by atoms with E-state index in [1.807, 2.05) is 36.4 Å². The van der Waals surface area contributed by atoms with Crippen LogP contribution in [-0.2, 0) is 0 Å². The average molecular weight is 166 g/mol. The number of hydrogen-bond acceptors (Lipinski definition) is 0. The highest BCUT2D eigenvalue weighted by Crippen LogP contribution is 2.19. The second kappa shape index (κ2) is 3.44. The van der Waals surface area contributed by atoms with Crippen LogP contribution >= 0.6 is 0 Å². The summed E-state index contributed by atoms with van der Waals surface area (Å²) in [5, 5.41) is 0. The van der Waals surface area contributed by atoms with Gasteiger partial charge in [0.05, 0.1) is 0 Å². The Kier molecular flexibility index (Phi) is 2.13. The molecule has 0 heterocycles. The number of rotatable bonds is 1. The first-order chi connectivity index (χ1) is 6.36. The largest absolute Gasteiger partial charge is 0.0622 e. The summed E-state index contributed by atoms with van der Waals surface area (Å²) in [6.45, 7) is 5.70. The van der Waals surface area contributed by atoms with E-state index in [1.165, 1.54) is 11.1 Å². The summed E-state index contributed by atoms with van der Waals surface area (Å²) in [6.07, 6.45) is 0. The molecule has 62 valence electrons. The van der Waals surface area contributed by atoms with Gasteiger partial charge in [-0.2, -0.15) is 0 Å². The Balaban J connectivity index is 2.48. The molecule has 0 heteroatoms. The van der Waals surface area contributed by atoms with Gasteiger partial charge in [-0.05, 0) is 23.6 Å². The van der Waals surface area contributed by atoms with Crippen LogP contribution in [0.3, 0.4) is 0 Å². The van der Waals surface area contributed by atoms with Crippen molar-refractivity contribution in [1.29, 1.82) is 0 Å². The molecule has 13 heavy (non-hydrogen) atoms. The molecule has 0 aliphatic rings. The summed E-state index contributed by atoms with van der Waals surface area (Å²) < 4.78 is 0. The highest BCUT2D eigenvalue weighted by atomic mass is 14.0. The van der Waals surface area contributed by atoms with Gasteiger partial charge in [-0.25, -0.2) is 0 Å². The van der Waals surface area contributed by atoms with Crippen molar-refractivity contribution >= 4 is 0 Å². The summed E-state index contributed by atoms with van der Waals surface area (Å²) in [6, 6.07) is 18.1. The molecule has 2 rings (SSSR count). The second-order valence-corrected chi connectivity index (χ2v) is 2.99. The quantitative estimate of drug-likeness (QED) is 0.609. The van der Waals surface area contributed by atoms with Crippen molar-refractivity contribution in [2.75, 3.05) is 0 Å². The molecule has 2 aromatic carbocycles. The molecule has 0 saturated carbocycles. The molecule has 0 aromatic heterocycles. The Labute approximate surface area is 78.9 Å². The first-order valence-corrected chi connectivity index (χ1v) is 4.27. The first-order valence-electron chi connectivity index (χ1n) is 4.27. The number of hydrogen-bond donors (Lipinski definition) is 0. The summed E-state index contributed by atoms with van der Waals surface area (Å²) >= 11 is 0. The maximum Gasteiger partial charge on any atom is -0.00118 e. The van der Waals surface area contributed by atoms with Crippen LogP contribution in [0.4, 0.5) is 0 Å². The smallest absolute Gasteiger partial charge is 0.00118 e. The Hall–Kier alpha value is -1.56. The normalized spacial score (nSPS) is 9.92. The summed E-state index contributed by atoms with van der Waals surface area (Å²) in [5.41, 5.74) is 3.18. The van der Waals surface area contributed by atoms with Crippen LogP contribution in [0.2, 0.25) is 0 Å². The highest BCUT2D eigenvalue weighted by Gasteiger charge is 1.94. The zero-order valence-electron chi connectivity index (χ0n) is 7.27. The minimum absolute atomic E-state index is 0.807. The minimum atomic E-state index is 0.807. The highest BCUT2D eigenvalue weighted by molar-refractivity contribution is 5.64. The molecule has 0 aliphatic carbocycles. The molecular weight excluding hydrogens is 156 g/mol. The molecule has 0 atom stereocenters. The molecule has 0 unspecified atom stereocenters. The van der Waals surface area contributed by atoms with Crippen LogP contribution in [0.25, 0.3) is 11.1 Å². The third-order valence-corrected chi connectivity index (χ3v) is 1.99. The molecular formula is C13H10. The van der Waals surface area contributed by atoms with Gasteiger partial charge in [0.25, 0.3) is 0 Å². The summed E-state index contributed by atoms with van der Waals surface area (Å²) in [4.78, 5) is 0. The van der Waals surface area contributed by atoms with Crippen molar-refractivity contribution in [2.45, 2.75) is 0 Å². The van der Waals surface area contributed by atoms with Gasteiger partial charge in [0, 0.05) is 0 Å². The lowest BCUT2D eigenvalue weighted by Gasteiger charge is -2.01. The van der Waals surface area contributed by atoms with E-state index >= 15 is 0 Å². The standard InChI is InChI=1S/C13H10/c1-11-6-5-9-13(10-11)12-7-3-2-4-8-12/h1-10H. The van der Waals surface area contributed by atoms with Crippen LogP contribution in [-0.4, -0.2) is 0 Å². The van der Waals surface area contributed by atoms with Gasteiger partial charge >= 0.3 is 0 Å². The van der Waals surface area contributed by atoms with Gasteiger partial charge < -0.3 is 0 Å². The molecule has 2 aromatic rings. The molecule has 0 nitrogen and oxygen atoms in total. The van der Waals surface area contributed by atoms with E-state index in [4.69, 9.17) is 6.92 Å². The maximum atomic E-state index is 5.70. The van der Waals surface area contributed by atoms with Crippen molar-refractivity contribution in [3.05, 3.63) is 67.1 Å². The van der Waals surface area contributed by atoms with Gasteiger partial charge in [0.1, 0.15) is 0 Å². The Morgan fingerprint density at radius 2 is 1.38 bits per heavy atom. The van der Waals surface area contributed by atoms with Crippen molar-refractivity contribution < 1.29 is 0 Å². The van der Waals surface area contributed by atoms with E-state index in [0.29, 0.717) is 0 Å². The third kappa shape index (κ3) is 1.78. The maximum absolute atomic E-state index is 5.70. The Bertz CT molecular complexity index is 388. The molecule has 0 N–H and O–H groups in total. The molecule has 0 aliphatic heterocycles. The lowest BCUT2D eigenvalue weighted by atomic mass is 10.0. The van der Waals surface area contributed by atoms with Gasteiger partial charge in [0.15, 0.2) is 0 Å². The minimum Gasteiger partial charge on any atom is -0.0622 e. The first kappa shape index (κ1) is 8.06.